The number of pyridine rings is 1. The molecule has 0 saturated heterocycles. The first kappa shape index (κ1) is 23.8. The van der Waals surface area contributed by atoms with Crippen molar-refractivity contribution in [2.75, 3.05) is 11.9 Å². The quantitative estimate of drug-likeness (QED) is 0.237. The molecule has 0 aliphatic carbocycles. The number of aromatic nitrogens is 4. The van der Waals surface area contributed by atoms with Gasteiger partial charge in [-0.15, -0.1) is 5.10 Å². The van der Waals surface area contributed by atoms with Crippen LogP contribution in [-0.4, -0.2) is 32.3 Å². The van der Waals surface area contributed by atoms with Crippen LogP contribution in [0.5, 0.6) is 5.75 Å². The topological polar surface area (TPSA) is 81.1 Å². The molecule has 0 saturated carbocycles. The van der Waals surface area contributed by atoms with E-state index >= 15 is 0 Å². The number of hydrogen-bond donors (Lipinski definition) is 1. The zero-order chi connectivity index (χ0) is 25.6. The second kappa shape index (κ2) is 8.94. The molecule has 0 atom stereocenters. The standard InChI is InChI=1S/C23H18ClF4N7O/c1-29-33-21-16(14-7-12(24)10-35-11-19(23(26,27)28)32-20(14)35)9-31-22(34(21)2)30-8-15-13-5-6-36-18(13)4-3-17(15)25/h3-4,7,9-11H,1,5-6,8H2,2H3,(H,30,31)/b33-21-. The molecule has 36 heavy (non-hydrogen) atoms. The average molecular weight is 520 g/mol. The van der Waals surface area contributed by atoms with Gasteiger partial charge in [0.2, 0.25) is 5.95 Å². The Bertz CT molecular complexity index is 1580. The fourth-order valence-electron chi connectivity index (χ4n) is 4.17. The van der Waals surface area contributed by atoms with E-state index in [-0.39, 0.29) is 34.1 Å². The maximum atomic E-state index is 14.5. The van der Waals surface area contributed by atoms with Gasteiger partial charge in [0, 0.05) is 67.6 Å². The van der Waals surface area contributed by atoms with Crippen molar-refractivity contribution in [2.45, 2.75) is 19.1 Å². The van der Waals surface area contributed by atoms with Gasteiger partial charge in [-0.3, -0.25) is 4.57 Å². The number of halogens is 5. The molecular weight excluding hydrogens is 502 g/mol. The molecule has 5 rings (SSSR count). The van der Waals surface area contributed by atoms with E-state index in [4.69, 9.17) is 16.3 Å². The Kier molecular flexibility index (Phi) is 5.91. The molecule has 4 aromatic rings. The lowest BCUT2D eigenvalue weighted by molar-refractivity contribution is -0.140. The summed E-state index contributed by atoms with van der Waals surface area (Å²) in [5.41, 5.74) is 1.01. The van der Waals surface area contributed by atoms with E-state index < -0.39 is 11.9 Å². The molecule has 0 fully saturated rings. The monoisotopic (exact) mass is 519 g/mol. The van der Waals surface area contributed by atoms with Gasteiger partial charge in [-0.25, -0.2) is 14.4 Å². The van der Waals surface area contributed by atoms with Crippen LogP contribution in [0.4, 0.5) is 23.5 Å². The van der Waals surface area contributed by atoms with E-state index in [9.17, 15) is 17.6 Å². The van der Waals surface area contributed by atoms with Crippen LogP contribution in [0.1, 0.15) is 16.8 Å². The van der Waals surface area contributed by atoms with Crippen molar-refractivity contribution in [3.63, 3.8) is 0 Å². The molecule has 0 amide bonds. The number of nitrogens with one attached hydrogen (secondary N) is 1. The molecule has 8 nitrogen and oxygen atoms in total. The van der Waals surface area contributed by atoms with E-state index in [1.54, 1.807) is 13.1 Å². The molecule has 0 radical (unpaired) electrons. The number of benzene rings is 1. The van der Waals surface area contributed by atoms with Crippen LogP contribution in [0.15, 0.2) is 47.0 Å². The molecule has 4 heterocycles. The van der Waals surface area contributed by atoms with Gasteiger partial charge in [0.15, 0.2) is 11.2 Å². The van der Waals surface area contributed by atoms with Crippen LogP contribution in [-0.2, 0) is 26.2 Å². The maximum absolute atomic E-state index is 14.5. The minimum atomic E-state index is -4.64. The predicted molar refractivity (Wildman–Crippen MR) is 125 cm³/mol. The van der Waals surface area contributed by atoms with Crippen molar-refractivity contribution < 1.29 is 22.3 Å². The number of hydrogen-bond acceptors (Lipinski definition) is 6. The summed E-state index contributed by atoms with van der Waals surface area (Å²) < 4.78 is 62.7. The third-order valence-electron chi connectivity index (χ3n) is 5.82. The molecule has 1 aliphatic heterocycles. The summed E-state index contributed by atoms with van der Waals surface area (Å²) >= 11 is 6.19. The number of imidazole rings is 1. The zero-order valence-electron chi connectivity index (χ0n) is 18.8. The molecule has 0 unspecified atom stereocenters. The van der Waals surface area contributed by atoms with Gasteiger partial charge in [0.25, 0.3) is 0 Å². The average Bonchev–Trinajstić information content (AvgIpc) is 3.47. The van der Waals surface area contributed by atoms with Gasteiger partial charge in [-0.1, -0.05) is 11.6 Å². The highest BCUT2D eigenvalue weighted by Crippen LogP contribution is 2.33. The lowest BCUT2D eigenvalue weighted by atomic mass is 10.0. The van der Waals surface area contributed by atoms with Gasteiger partial charge >= 0.3 is 6.18 Å². The largest absolute Gasteiger partial charge is 0.493 e. The maximum Gasteiger partial charge on any atom is 0.434 e. The first-order valence-corrected chi connectivity index (χ1v) is 11.0. The Morgan fingerprint density at radius 3 is 2.81 bits per heavy atom. The second-order valence-electron chi connectivity index (χ2n) is 8.00. The summed E-state index contributed by atoms with van der Waals surface area (Å²) in [5.74, 6) is 0.592. The summed E-state index contributed by atoms with van der Waals surface area (Å²) in [5, 5.41) is 10.9. The summed E-state index contributed by atoms with van der Waals surface area (Å²) in [4.78, 5) is 8.16. The van der Waals surface area contributed by atoms with Crippen LogP contribution < -0.4 is 15.5 Å². The van der Waals surface area contributed by atoms with Crippen molar-refractivity contribution in [1.82, 2.24) is 18.9 Å². The van der Waals surface area contributed by atoms with Crippen LogP contribution in [0, 0.1) is 5.82 Å². The number of nitrogens with zero attached hydrogens (tertiary/aromatic N) is 6. The summed E-state index contributed by atoms with van der Waals surface area (Å²) in [6.07, 6.45) is -0.452. The molecule has 3 aromatic heterocycles. The molecule has 0 spiro atoms. The van der Waals surface area contributed by atoms with E-state index in [1.165, 1.54) is 33.5 Å². The fourth-order valence-corrected chi connectivity index (χ4v) is 4.38. The Balaban J connectivity index is 1.59. The van der Waals surface area contributed by atoms with Gasteiger partial charge < -0.3 is 14.5 Å². The molecule has 1 aromatic carbocycles. The van der Waals surface area contributed by atoms with E-state index in [2.05, 4.69) is 32.2 Å². The summed E-state index contributed by atoms with van der Waals surface area (Å²) in [6, 6.07) is 4.43. The van der Waals surface area contributed by atoms with Crippen molar-refractivity contribution in [2.24, 2.45) is 17.3 Å². The highest BCUT2D eigenvalue weighted by Gasteiger charge is 2.34. The van der Waals surface area contributed by atoms with Crippen molar-refractivity contribution in [3.8, 4) is 16.9 Å². The van der Waals surface area contributed by atoms with Crippen LogP contribution in [0.25, 0.3) is 16.8 Å². The third-order valence-corrected chi connectivity index (χ3v) is 6.03. The number of anilines is 1. The van der Waals surface area contributed by atoms with Crippen molar-refractivity contribution >= 4 is 29.9 Å². The molecule has 186 valence electrons. The predicted octanol–water partition coefficient (Wildman–Crippen LogP) is 4.61. The first-order chi connectivity index (χ1) is 17.2. The lowest BCUT2D eigenvalue weighted by Crippen LogP contribution is -2.25. The number of rotatable bonds is 5. The van der Waals surface area contributed by atoms with E-state index in [0.717, 1.165) is 11.8 Å². The van der Waals surface area contributed by atoms with Crippen molar-refractivity contribution in [3.05, 3.63) is 69.9 Å². The van der Waals surface area contributed by atoms with Gasteiger partial charge in [0.05, 0.1) is 11.6 Å². The highest BCUT2D eigenvalue weighted by atomic mass is 35.5. The minimum Gasteiger partial charge on any atom is -0.493 e. The van der Waals surface area contributed by atoms with Gasteiger partial charge in [-0.2, -0.15) is 18.3 Å². The Morgan fingerprint density at radius 2 is 2.06 bits per heavy atom. The van der Waals surface area contributed by atoms with Gasteiger partial charge in [0.1, 0.15) is 17.2 Å². The summed E-state index contributed by atoms with van der Waals surface area (Å²) in [7, 11) is 1.63. The van der Waals surface area contributed by atoms with Crippen LogP contribution in [0.3, 0.4) is 0 Å². The second-order valence-corrected chi connectivity index (χ2v) is 8.44. The molecule has 0 bridgehead atoms. The zero-order valence-corrected chi connectivity index (χ0v) is 19.5. The Hall–Kier alpha value is -3.93. The number of alkyl halides is 3. The number of ether oxygens (including phenoxy) is 1. The number of fused-ring (bicyclic) bond motifs is 2. The molecular formula is C23H18ClF4N7O. The fraction of sp³-hybridized carbons (Fsp3) is 0.217. The summed E-state index contributed by atoms with van der Waals surface area (Å²) in [6.45, 7) is 4.00. The van der Waals surface area contributed by atoms with Crippen LogP contribution >= 0.6 is 11.6 Å². The lowest BCUT2D eigenvalue weighted by Gasteiger charge is -2.15. The minimum absolute atomic E-state index is 0.0108. The normalized spacial score (nSPS) is 13.7. The van der Waals surface area contributed by atoms with E-state index in [0.29, 0.717) is 35.9 Å². The Labute approximate surface area is 206 Å². The molecule has 1 aliphatic rings. The van der Waals surface area contributed by atoms with E-state index in [1.807, 2.05) is 0 Å². The molecule has 1 N–H and O–H groups in total. The smallest absolute Gasteiger partial charge is 0.434 e. The third kappa shape index (κ3) is 4.17. The Morgan fingerprint density at radius 1 is 1.25 bits per heavy atom. The SMILES string of the molecule is C=N/N=c1/c(-c2cc(Cl)cn3cc(C(F)(F)F)nc23)cnc(NCc2c(F)ccc3c2CCO3)n1C. The van der Waals surface area contributed by atoms with Gasteiger partial charge in [-0.05, 0) is 18.2 Å². The molecule has 13 heteroatoms. The first-order valence-electron chi connectivity index (χ1n) is 10.7. The highest BCUT2D eigenvalue weighted by molar-refractivity contribution is 6.30. The van der Waals surface area contributed by atoms with Crippen LogP contribution in [0.2, 0.25) is 5.02 Å². The van der Waals surface area contributed by atoms with Crippen molar-refractivity contribution in [1.29, 1.82) is 0 Å².